The van der Waals surface area contributed by atoms with Crippen molar-refractivity contribution in [1.82, 2.24) is 0 Å². The van der Waals surface area contributed by atoms with Gasteiger partial charge in [0, 0.05) is 11.8 Å². The highest BCUT2D eigenvalue weighted by molar-refractivity contribution is 7.98. The quantitative estimate of drug-likeness (QED) is 0.878. The SMILES string of the molecule is Cc1cccc(C(CN)SCc2ccco2)c1. The molecule has 2 rings (SSSR count). The lowest BCUT2D eigenvalue weighted by Gasteiger charge is -2.14. The molecule has 2 N–H and O–H groups in total. The van der Waals surface area contributed by atoms with Crippen LogP contribution in [0.5, 0.6) is 0 Å². The summed E-state index contributed by atoms with van der Waals surface area (Å²) in [5.74, 6) is 1.86. The summed E-state index contributed by atoms with van der Waals surface area (Å²) in [6.45, 7) is 2.75. The third-order valence-electron chi connectivity index (χ3n) is 2.63. The third kappa shape index (κ3) is 3.38. The molecule has 0 aliphatic rings. The number of rotatable bonds is 5. The van der Waals surface area contributed by atoms with Crippen LogP contribution >= 0.6 is 11.8 Å². The highest BCUT2D eigenvalue weighted by Gasteiger charge is 2.11. The predicted molar refractivity (Wildman–Crippen MR) is 73.0 cm³/mol. The van der Waals surface area contributed by atoms with Gasteiger partial charge in [-0.15, -0.1) is 11.8 Å². The van der Waals surface area contributed by atoms with Gasteiger partial charge in [0.05, 0.1) is 12.0 Å². The van der Waals surface area contributed by atoms with E-state index in [9.17, 15) is 0 Å². The molecule has 0 fully saturated rings. The van der Waals surface area contributed by atoms with Crippen molar-refractivity contribution in [3.8, 4) is 0 Å². The van der Waals surface area contributed by atoms with E-state index in [-0.39, 0.29) is 0 Å². The lowest BCUT2D eigenvalue weighted by atomic mass is 10.1. The van der Waals surface area contributed by atoms with E-state index in [1.807, 2.05) is 23.9 Å². The van der Waals surface area contributed by atoms with Crippen LogP contribution in [-0.4, -0.2) is 6.54 Å². The van der Waals surface area contributed by atoms with E-state index in [1.54, 1.807) is 6.26 Å². The van der Waals surface area contributed by atoms with Crippen LogP contribution in [0.25, 0.3) is 0 Å². The Morgan fingerprint density at radius 2 is 2.18 bits per heavy atom. The summed E-state index contributed by atoms with van der Waals surface area (Å²) in [6, 6.07) is 12.4. The first kappa shape index (κ1) is 12.3. The molecule has 0 amide bonds. The van der Waals surface area contributed by atoms with Crippen LogP contribution in [0.3, 0.4) is 0 Å². The number of benzene rings is 1. The van der Waals surface area contributed by atoms with E-state index in [0.717, 1.165) is 11.5 Å². The molecule has 0 aliphatic heterocycles. The van der Waals surface area contributed by atoms with Gasteiger partial charge >= 0.3 is 0 Å². The van der Waals surface area contributed by atoms with E-state index in [2.05, 4.69) is 31.2 Å². The maximum Gasteiger partial charge on any atom is 0.113 e. The van der Waals surface area contributed by atoms with Crippen LogP contribution in [0.1, 0.15) is 22.1 Å². The van der Waals surface area contributed by atoms with Crippen molar-refractivity contribution in [2.24, 2.45) is 5.73 Å². The normalized spacial score (nSPS) is 12.6. The second kappa shape index (κ2) is 5.94. The van der Waals surface area contributed by atoms with E-state index in [4.69, 9.17) is 10.2 Å². The summed E-state index contributed by atoms with van der Waals surface area (Å²) in [6.07, 6.45) is 1.71. The van der Waals surface area contributed by atoms with Gasteiger partial charge in [0.15, 0.2) is 0 Å². The van der Waals surface area contributed by atoms with Crippen molar-refractivity contribution >= 4 is 11.8 Å². The van der Waals surface area contributed by atoms with E-state index >= 15 is 0 Å². The predicted octanol–water partition coefficient (Wildman–Crippen LogP) is 3.52. The van der Waals surface area contributed by atoms with Crippen molar-refractivity contribution in [3.05, 3.63) is 59.5 Å². The highest BCUT2D eigenvalue weighted by Crippen LogP contribution is 2.31. The Morgan fingerprint density at radius 3 is 2.82 bits per heavy atom. The lowest BCUT2D eigenvalue weighted by Crippen LogP contribution is -2.09. The summed E-state index contributed by atoms with van der Waals surface area (Å²) < 4.78 is 5.33. The molecule has 1 aromatic carbocycles. The molecule has 0 saturated heterocycles. The zero-order chi connectivity index (χ0) is 12.1. The maximum atomic E-state index is 5.84. The Balaban J connectivity index is 2.01. The monoisotopic (exact) mass is 247 g/mol. The molecule has 90 valence electrons. The topological polar surface area (TPSA) is 39.2 Å². The summed E-state index contributed by atoms with van der Waals surface area (Å²) in [4.78, 5) is 0. The zero-order valence-electron chi connectivity index (χ0n) is 9.93. The average Bonchev–Trinajstić information content (AvgIpc) is 2.83. The second-order valence-corrected chi connectivity index (χ2v) is 5.22. The fourth-order valence-electron chi connectivity index (χ4n) is 1.75. The van der Waals surface area contributed by atoms with Crippen molar-refractivity contribution in [2.45, 2.75) is 17.9 Å². The number of hydrogen-bond acceptors (Lipinski definition) is 3. The van der Waals surface area contributed by atoms with Gasteiger partial charge in [-0.3, -0.25) is 0 Å². The van der Waals surface area contributed by atoms with Crippen LogP contribution in [0.4, 0.5) is 0 Å². The molecule has 0 aliphatic carbocycles. The number of aryl methyl sites for hydroxylation is 1. The first-order valence-corrected chi connectivity index (χ1v) is 6.75. The Labute approximate surface area is 106 Å². The highest BCUT2D eigenvalue weighted by atomic mass is 32.2. The minimum atomic E-state index is 0.333. The Kier molecular flexibility index (Phi) is 4.29. The fraction of sp³-hybridized carbons (Fsp3) is 0.286. The molecule has 3 heteroatoms. The molecule has 0 radical (unpaired) electrons. The molecule has 2 nitrogen and oxygen atoms in total. The summed E-state index contributed by atoms with van der Waals surface area (Å²) in [5, 5.41) is 0.333. The molecular weight excluding hydrogens is 230 g/mol. The molecule has 0 saturated carbocycles. The number of hydrogen-bond donors (Lipinski definition) is 1. The van der Waals surface area contributed by atoms with Crippen molar-refractivity contribution < 1.29 is 4.42 Å². The standard InChI is InChI=1S/C14H17NOS/c1-11-4-2-5-12(8-11)14(9-15)17-10-13-6-3-7-16-13/h2-8,14H,9-10,15H2,1H3. The van der Waals surface area contributed by atoms with Gasteiger partial charge in [0.25, 0.3) is 0 Å². The molecule has 1 aromatic heterocycles. The Hall–Kier alpha value is -1.19. The molecule has 1 atom stereocenters. The molecule has 1 heterocycles. The van der Waals surface area contributed by atoms with Crippen molar-refractivity contribution in [3.63, 3.8) is 0 Å². The van der Waals surface area contributed by atoms with E-state index in [0.29, 0.717) is 11.8 Å². The Morgan fingerprint density at radius 1 is 1.29 bits per heavy atom. The summed E-state index contributed by atoms with van der Waals surface area (Å²) in [5.41, 5.74) is 8.42. The van der Waals surface area contributed by atoms with Gasteiger partial charge in [-0.05, 0) is 24.6 Å². The smallest absolute Gasteiger partial charge is 0.113 e. The molecule has 1 unspecified atom stereocenters. The van der Waals surface area contributed by atoms with Crippen LogP contribution in [0.15, 0.2) is 47.1 Å². The average molecular weight is 247 g/mol. The van der Waals surface area contributed by atoms with Gasteiger partial charge in [-0.25, -0.2) is 0 Å². The summed E-state index contributed by atoms with van der Waals surface area (Å²) in [7, 11) is 0. The first-order valence-electron chi connectivity index (χ1n) is 5.70. The molecule has 0 spiro atoms. The van der Waals surface area contributed by atoms with Crippen LogP contribution in [0, 0.1) is 6.92 Å². The Bertz CT molecular complexity index is 453. The molecule has 2 aromatic rings. The number of furan rings is 1. The third-order valence-corrected chi connectivity index (χ3v) is 3.95. The van der Waals surface area contributed by atoms with Crippen LogP contribution in [-0.2, 0) is 5.75 Å². The minimum Gasteiger partial charge on any atom is -0.468 e. The second-order valence-electron chi connectivity index (χ2n) is 4.03. The van der Waals surface area contributed by atoms with Crippen LogP contribution in [0.2, 0.25) is 0 Å². The van der Waals surface area contributed by atoms with Gasteiger partial charge < -0.3 is 10.2 Å². The van der Waals surface area contributed by atoms with Crippen molar-refractivity contribution in [1.29, 1.82) is 0 Å². The number of nitrogens with two attached hydrogens (primary N) is 1. The first-order chi connectivity index (χ1) is 8.29. The van der Waals surface area contributed by atoms with Gasteiger partial charge in [0.2, 0.25) is 0 Å². The van der Waals surface area contributed by atoms with Crippen LogP contribution < -0.4 is 5.73 Å². The van der Waals surface area contributed by atoms with Crippen molar-refractivity contribution in [2.75, 3.05) is 6.54 Å². The summed E-state index contributed by atoms with van der Waals surface area (Å²) >= 11 is 1.82. The fourth-order valence-corrected chi connectivity index (χ4v) is 2.75. The zero-order valence-corrected chi connectivity index (χ0v) is 10.7. The molecular formula is C14H17NOS. The largest absolute Gasteiger partial charge is 0.468 e. The van der Waals surface area contributed by atoms with Gasteiger partial charge in [-0.2, -0.15) is 0 Å². The maximum absolute atomic E-state index is 5.84. The minimum absolute atomic E-state index is 0.333. The molecule has 0 bridgehead atoms. The lowest BCUT2D eigenvalue weighted by molar-refractivity contribution is 0.530. The van der Waals surface area contributed by atoms with E-state index < -0.39 is 0 Å². The molecule has 17 heavy (non-hydrogen) atoms. The van der Waals surface area contributed by atoms with E-state index in [1.165, 1.54) is 11.1 Å². The van der Waals surface area contributed by atoms with Gasteiger partial charge in [-0.1, -0.05) is 29.8 Å². The number of thioether (sulfide) groups is 1. The van der Waals surface area contributed by atoms with Gasteiger partial charge in [0.1, 0.15) is 5.76 Å².